The topological polar surface area (TPSA) is 141 Å². The second-order valence-electron chi connectivity index (χ2n) is 9.23. The van der Waals surface area contributed by atoms with Gasteiger partial charge in [0.25, 0.3) is 11.8 Å². The Morgan fingerprint density at radius 3 is 2.51 bits per heavy atom. The van der Waals surface area contributed by atoms with Crippen LogP contribution < -0.4 is 21.7 Å². The van der Waals surface area contributed by atoms with E-state index in [2.05, 4.69) is 9.69 Å². The number of anilines is 2. The number of nitrogen functional groups attached to an aromatic ring is 1. The average Bonchev–Trinajstić information content (AvgIpc) is 3.53. The number of hydrogen-bond donors (Lipinski definition) is 3. The number of benzene rings is 2. The molecule has 2 heterocycles. The third-order valence-electron chi connectivity index (χ3n) is 6.64. The number of rotatable bonds is 8. The highest BCUT2D eigenvalue weighted by molar-refractivity contribution is 7.09. The third-order valence-corrected chi connectivity index (χ3v) is 7.49. The highest BCUT2D eigenvalue weighted by Gasteiger charge is 2.37. The molecule has 2 aromatic carbocycles. The molecule has 1 aromatic heterocycles. The maximum absolute atomic E-state index is 14.2. The molecule has 1 aliphatic rings. The number of hydrogen-bond acceptors (Lipinski definition) is 7. The minimum atomic E-state index is -1.02. The quantitative estimate of drug-likeness (QED) is 0.415. The normalized spacial score (nSPS) is 15.8. The lowest BCUT2D eigenvalue weighted by molar-refractivity contribution is -0.123. The molecule has 2 atom stereocenters. The summed E-state index contributed by atoms with van der Waals surface area (Å²) in [6.07, 6.45) is 1.74. The first-order chi connectivity index (χ1) is 17.7. The van der Waals surface area contributed by atoms with Crippen molar-refractivity contribution in [1.82, 2.24) is 9.69 Å². The first-order valence-electron chi connectivity index (χ1n) is 12.1. The summed E-state index contributed by atoms with van der Waals surface area (Å²) in [5, 5.41) is 2.99. The number of carbonyl (C=O) groups excluding carboxylic acids is 3. The van der Waals surface area contributed by atoms with Gasteiger partial charge in [-0.3, -0.25) is 19.3 Å². The Morgan fingerprint density at radius 1 is 1.16 bits per heavy atom. The van der Waals surface area contributed by atoms with E-state index in [0.717, 1.165) is 41.1 Å². The van der Waals surface area contributed by atoms with Crippen molar-refractivity contribution in [2.75, 3.05) is 23.8 Å². The number of carbonyl (C=O) groups is 3. The summed E-state index contributed by atoms with van der Waals surface area (Å²) in [6.45, 7) is 6.79. The van der Waals surface area contributed by atoms with Crippen LogP contribution in [0.25, 0.3) is 0 Å². The van der Waals surface area contributed by atoms with Crippen molar-refractivity contribution >= 4 is 40.6 Å². The van der Waals surface area contributed by atoms with Gasteiger partial charge in [0.2, 0.25) is 5.91 Å². The Balaban J connectivity index is 1.85. The van der Waals surface area contributed by atoms with Gasteiger partial charge < -0.3 is 21.5 Å². The van der Waals surface area contributed by atoms with Crippen LogP contribution in [0.1, 0.15) is 61.3 Å². The van der Waals surface area contributed by atoms with Gasteiger partial charge >= 0.3 is 0 Å². The number of aromatic nitrogens is 1. The predicted octanol–water partition coefficient (Wildman–Crippen LogP) is 3.43. The Kier molecular flexibility index (Phi) is 7.89. The van der Waals surface area contributed by atoms with Crippen molar-refractivity contribution in [2.45, 2.75) is 45.8 Å². The van der Waals surface area contributed by atoms with E-state index >= 15 is 0 Å². The summed E-state index contributed by atoms with van der Waals surface area (Å²) in [6, 6.07) is 12.0. The number of ether oxygens (including phenoxy) is 1. The number of aryl methyl sites for hydroxylation is 2. The maximum Gasteiger partial charge on any atom is 0.273 e. The molecule has 9 nitrogen and oxygen atoms in total. The summed E-state index contributed by atoms with van der Waals surface area (Å²) < 4.78 is 9.69. The number of nitrogens with two attached hydrogens (primary N) is 2. The minimum absolute atomic E-state index is 0.0405. The highest BCUT2D eigenvalue weighted by atomic mass is 32.1. The van der Waals surface area contributed by atoms with Crippen LogP contribution in [-0.4, -0.2) is 41.4 Å². The lowest BCUT2D eigenvalue weighted by atomic mass is 9.99. The molecule has 3 amide bonds. The standard InChI is InChI=1S/C27H31N5O4S/c1-15-9-11-18(12-10-15)23(26(34)30-14-19-7-5-13-36-19)32(20-8-4-6-16(2)17(20)3)27(35)24-21(28)22(25(29)33)31-37-24/h4,6,8-12,19,23H,5,7,13-14,28H2,1-3H3,(H2,29,33)(H,30,34)/t19-,23+/m0/s1. The van der Waals surface area contributed by atoms with Gasteiger partial charge in [0.15, 0.2) is 5.69 Å². The molecule has 10 heteroatoms. The predicted molar refractivity (Wildman–Crippen MR) is 144 cm³/mol. The van der Waals surface area contributed by atoms with E-state index in [1.807, 2.05) is 57.2 Å². The fourth-order valence-electron chi connectivity index (χ4n) is 4.38. The van der Waals surface area contributed by atoms with Crippen LogP contribution in [0.4, 0.5) is 11.4 Å². The van der Waals surface area contributed by atoms with E-state index in [4.69, 9.17) is 16.2 Å². The zero-order valence-corrected chi connectivity index (χ0v) is 21.9. The maximum atomic E-state index is 14.2. The molecule has 0 spiro atoms. The Bertz CT molecular complexity index is 1310. The molecule has 0 saturated carbocycles. The van der Waals surface area contributed by atoms with Crippen molar-refractivity contribution in [3.05, 3.63) is 75.3 Å². The lowest BCUT2D eigenvalue weighted by Crippen LogP contribution is -2.46. The SMILES string of the molecule is Cc1ccc([C@H](C(=O)NC[C@@H]2CCCO2)N(C(=O)c2snc(C(N)=O)c2N)c2cccc(C)c2C)cc1. The first-order valence-corrected chi connectivity index (χ1v) is 12.9. The lowest BCUT2D eigenvalue weighted by Gasteiger charge is -2.33. The molecule has 0 radical (unpaired) electrons. The molecule has 0 unspecified atom stereocenters. The van der Waals surface area contributed by atoms with Crippen LogP contribution >= 0.6 is 11.5 Å². The molecule has 0 aliphatic carbocycles. The summed E-state index contributed by atoms with van der Waals surface area (Å²) >= 11 is 0.787. The van der Waals surface area contributed by atoms with Crippen LogP contribution in [-0.2, 0) is 9.53 Å². The van der Waals surface area contributed by atoms with Gasteiger partial charge in [-0.1, -0.05) is 42.0 Å². The molecule has 3 aromatic rings. The van der Waals surface area contributed by atoms with Crippen LogP contribution in [0.15, 0.2) is 42.5 Å². The van der Waals surface area contributed by atoms with Gasteiger partial charge in [0.05, 0.1) is 11.8 Å². The van der Waals surface area contributed by atoms with E-state index in [9.17, 15) is 14.4 Å². The van der Waals surface area contributed by atoms with Gasteiger partial charge in [0, 0.05) is 18.8 Å². The van der Waals surface area contributed by atoms with E-state index < -0.39 is 17.9 Å². The highest BCUT2D eigenvalue weighted by Crippen LogP contribution is 2.35. The smallest absolute Gasteiger partial charge is 0.273 e. The monoisotopic (exact) mass is 521 g/mol. The van der Waals surface area contributed by atoms with Crippen molar-refractivity contribution in [3.8, 4) is 0 Å². The number of primary amides is 1. The summed E-state index contributed by atoms with van der Waals surface area (Å²) in [5.74, 6) is -1.73. The van der Waals surface area contributed by atoms with E-state index in [0.29, 0.717) is 24.4 Å². The molecule has 0 bridgehead atoms. The molecule has 194 valence electrons. The minimum Gasteiger partial charge on any atom is -0.395 e. The third kappa shape index (κ3) is 5.50. The van der Waals surface area contributed by atoms with Gasteiger partial charge in [-0.05, 0) is 67.9 Å². The van der Waals surface area contributed by atoms with Crippen LogP contribution in [0, 0.1) is 20.8 Å². The molecule has 1 saturated heterocycles. The van der Waals surface area contributed by atoms with E-state index in [1.54, 1.807) is 6.07 Å². The molecular formula is C27H31N5O4S. The van der Waals surface area contributed by atoms with Gasteiger partial charge in [0.1, 0.15) is 10.9 Å². The molecule has 5 N–H and O–H groups in total. The number of nitrogens with one attached hydrogen (secondary N) is 1. The zero-order chi connectivity index (χ0) is 26.7. The van der Waals surface area contributed by atoms with Gasteiger partial charge in [-0.25, -0.2) is 0 Å². The van der Waals surface area contributed by atoms with E-state index in [-0.39, 0.29) is 28.3 Å². The van der Waals surface area contributed by atoms with Crippen molar-refractivity contribution in [1.29, 1.82) is 0 Å². The second kappa shape index (κ2) is 11.1. The molecule has 1 fully saturated rings. The summed E-state index contributed by atoms with van der Waals surface area (Å²) in [5.41, 5.74) is 15.3. The summed E-state index contributed by atoms with van der Waals surface area (Å²) in [4.78, 5) is 41.3. The van der Waals surface area contributed by atoms with Crippen molar-refractivity contribution in [3.63, 3.8) is 0 Å². The Labute approximate surface area is 220 Å². The van der Waals surface area contributed by atoms with Gasteiger partial charge in [-0.2, -0.15) is 4.37 Å². The van der Waals surface area contributed by atoms with Crippen LogP contribution in [0.2, 0.25) is 0 Å². The Morgan fingerprint density at radius 2 is 1.89 bits per heavy atom. The zero-order valence-electron chi connectivity index (χ0n) is 21.1. The second-order valence-corrected chi connectivity index (χ2v) is 10.00. The van der Waals surface area contributed by atoms with Crippen molar-refractivity contribution < 1.29 is 19.1 Å². The fraction of sp³-hybridized carbons (Fsp3) is 0.333. The fourth-order valence-corrected chi connectivity index (χ4v) is 5.13. The average molecular weight is 522 g/mol. The molecule has 4 rings (SSSR count). The summed E-state index contributed by atoms with van der Waals surface area (Å²) in [7, 11) is 0. The molecule has 1 aliphatic heterocycles. The van der Waals surface area contributed by atoms with Crippen molar-refractivity contribution in [2.24, 2.45) is 5.73 Å². The largest absolute Gasteiger partial charge is 0.395 e. The van der Waals surface area contributed by atoms with Gasteiger partial charge in [-0.15, -0.1) is 0 Å². The molecule has 37 heavy (non-hydrogen) atoms. The van der Waals surface area contributed by atoms with E-state index in [1.165, 1.54) is 4.90 Å². The van der Waals surface area contributed by atoms with Crippen LogP contribution in [0.3, 0.4) is 0 Å². The Hall–Kier alpha value is -3.76. The first kappa shape index (κ1) is 26.3. The number of amides is 3. The molecular weight excluding hydrogens is 490 g/mol. The van der Waals surface area contributed by atoms with Crippen LogP contribution in [0.5, 0.6) is 0 Å². The number of nitrogens with zero attached hydrogens (tertiary/aromatic N) is 2.